The first-order valence-corrected chi connectivity index (χ1v) is 10.1. The SMILES string of the molecule is O=C1NCC(c2cc(N3C[C@@H](Oc4ncc(C(F)(F)F)cn4)C(F)(F)C3)c3nccn3n2)C(=O)N1. The van der Waals surface area contributed by atoms with Crippen molar-refractivity contribution >= 4 is 23.3 Å². The van der Waals surface area contributed by atoms with E-state index < -0.39 is 54.2 Å². The van der Waals surface area contributed by atoms with Crippen molar-refractivity contribution in [3.63, 3.8) is 0 Å². The number of imidazole rings is 1. The highest BCUT2D eigenvalue weighted by molar-refractivity contribution is 6.00. The van der Waals surface area contributed by atoms with E-state index >= 15 is 0 Å². The van der Waals surface area contributed by atoms with Crippen molar-refractivity contribution < 1.29 is 36.3 Å². The fourth-order valence-corrected chi connectivity index (χ4v) is 3.80. The fourth-order valence-electron chi connectivity index (χ4n) is 3.80. The van der Waals surface area contributed by atoms with Crippen molar-refractivity contribution in [3.05, 3.63) is 42.1 Å². The number of nitrogens with zero attached hydrogens (tertiary/aromatic N) is 6. The molecule has 2 aliphatic heterocycles. The lowest BCUT2D eigenvalue weighted by molar-refractivity contribution is -0.138. The van der Waals surface area contributed by atoms with E-state index in [4.69, 9.17) is 4.74 Å². The molecule has 3 aromatic rings. The van der Waals surface area contributed by atoms with Gasteiger partial charge in [-0.15, -0.1) is 0 Å². The van der Waals surface area contributed by atoms with E-state index in [0.29, 0.717) is 12.4 Å². The molecule has 0 aromatic carbocycles. The quantitative estimate of drug-likeness (QED) is 0.517. The summed E-state index contributed by atoms with van der Waals surface area (Å²) in [6.07, 6.45) is -2.69. The number of anilines is 1. The normalized spacial score (nSPS) is 22.3. The molecule has 2 atom stereocenters. The zero-order chi connectivity index (χ0) is 25.0. The number of halogens is 5. The number of carbonyl (C=O) groups excluding carboxylic acids is 2. The van der Waals surface area contributed by atoms with Gasteiger partial charge in [-0.1, -0.05) is 0 Å². The number of amides is 3. The third-order valence-electron chi connectivity index (χ3n) is 5.54. The summed E-state index contributed by atoms with van der Waals surface area (Å²) in [7, 11) is 0. The lowest BCUT2D eigenvalue weighted by atomic mass is 10.0. The van der Waals surface area contributed by atoms with Crippen molar-refractivity contribution in [2.24, 2.45) is 0 Å². The van der Waals surface area contributed by atoms with Gasteiger partial charge in [-0.3, -0.25) is 10.1 Å². The molecule has 3 amide bonds. The first-order valence-electron chi connectivity index (χ1n) is 10.1. The van der Waals surface area contributed by atoms with Crippen molar-refractivity contribution in [1.82, 2.24) is 35.2 Å². The third kappa shape index (κ3) is 4.26. The summed E-state index contributed by atoms with van der Waals surface area (Å²) in [5.74, 6) is -4.89. The number of rotatable bonds is 4. The van der Waals surface area contributed by atoms with Crippen LogP contribution in [0.2, 0.25) is 0 Å². The maximum absolute atomic E-state index is 14.8. The van der Waals surface area contributed by atoms with Crippen LogP contribution >= 0.6 is 0 Å². The van der Waals surface area contributed by atoms with E-state index in [1.807, 2.05) is 0 Å². The Morgan fingerprint density at radius 2 is 1.89 bits per heavy atom. The van der Waals surface area contributed by atoms with Crippen LogP contribution in [0.5, 0.6) is 6.01 Å². The van der Waals surface area contributed by atoms with E-state index in [9.17, 15) is 31.5 Å². The number of aromatic nitrogens is 5. The number of nitrogens with one attached hydrogen (secondary N) is 2. The monoisotopic (exact) mass is 498 g/mol. The number of fused-ring (bicyclic) bond motifs is 1. The molecule has 0 saturated carbocycles. The average molecular weight is 498 g/mol. The van der Waals surface area contributed by atoms with Gasteiger partial charge in [-0.25, -0.2) is 33.0 Å². The minimum Gasteiger partial charge on any atom is -0.452 e. The Labute approximate surface area is 192 Å². The van der Waals surface area contributed by atoms with Crippen LogP contribution in [0.15, 0.2) is 30.9 Å². The molecule has 5 heterocycles. The molecule has 0 radical (unpaired) electrons. The van der Waals surface area contributed by atoms with Gasteiger partial charge in [0.05, 0.1) is 36.0 Å². The number of ether oxygens (including phenoxy) is 1. The van der Waals surface area contributed by atoms with Crippen molar-refractivity contribution in [1.29, 1.82) is 0 Å². The second-order valence-corrected chi connectivity index (χ2v) is 7.90. The second kappa shape index (κ2) is 7.99. The van der Waals surface area contributed by atoms with Crippen LogP contribution in [0.3, 0.4) is 0 Å². The summed E-state index contributed by atoms with van der Waals surface area (Å²) in [4.78, 5) is 35.8. The van der Waals surface area contributed by atoms with Crippen molar-refractivity contribution in [2.45, 2.75) is 24.1 Å². The molecule has 184 valence electrons. The highest BCUT2D eigenvalue weighted by Gasteiger charge is 2.51. The Kier molecular flexibility index (Phi) is 5.17. The van der Waals surface area contributed by atoms with Crippen LogP contribution < -0.4 is 20.3 Å². The minimum atomic E-state index is -4.68. The zero-order valence-corrected chi connectivity index (χ0v) is 17.5. The van der Waals surface area contributed by atoms with Gasteiger partial charge in [0.25, 0.3) is 0 Å². The van der Waals surface area contributed by atoms with Gasteiger partial charge in [-0.05, 0) is 6.07 Å². The highest BCUT2D eigenvalue weighted by Crippen LogP contribution is 2.36. The summed E-state index contributed by atoms with van der Waals surface area (Å²) < 4.78 is 74.2. The lowest BCUT2D eigenvalue weighted by Gasteiger charge is -2.24. The van der Waals surface area contributed by atoms with Crippen LogP contribution in [0, 0.1) is 0 Å². The van der Waals surface area contributed by atoms with E-state index in [-0.39, 0.29) is 30.1 Å². The molecule has 35 heavy (non-hydrogen) atoms. The number of hydrogen-bond acceptors (Lipinski definition) is 8. The molecule has 16 heteroatoms. The second-order valence-electron chi connectivity index (χ2n) is 7.90. The van der Waals surface area contributed by atoms with Gasteiger partial charge >= 0.3 is 24.1 Å². The summed E-state index contributed by atoms with van der Waals surface area (Å²) >= 11 is 0. The molecule has 2 fully saturated rings. The van der Waals surface area contributed by atoms with Gasteiger partial charge in [-0.2, -0.15) is 18.3 Å². The van der Waals surface area contributed by atoms with Crippen LogP contribution in [-0.4, -0.2) is 68.2 Å². The average Bonchev–Trinajstić information content (AvgIpc) is 3.37. The standard InChI is InChI=1S/C19H15F5N8O3/c20-18(21)8-31(7-13(18)35-17-27-4-9(5-28-17)19(22,23)24)12-3-11(30-32-2-1-25-14(12)32)10-6-26-16(34)29-15(10)33/h1-5,10,13H,6-8H2,(H2,26,29,33,34)/t10?,13-/m1/s1. The Morgan fingerprint density at radius 1 is 1.14 bits per heavy atom. The van der Waals surface area contributed by atoms with Gasteiger partial charge < -0.3 is 15.0 Å². The molecule has 3 aromatic heterocycles. The number of carbonyl (C=O) groups is 2. The molecule has 0 aliphatic carbocycles. The van der Waals surface area contributed by atoms with Gasteiger partial charge in [0.1, 0.15) is 0 Å². The molecule has 0 spiro atoms. The zero-order valence-electron chi connectivity index (χ0n) is 17.5. The molecular formula is C19H15F5N8O3. The number of hydrogen-bond donors (Lipinski definition) is 2. The van der Waals surface area contributed by atoms with Crippen LogP contribution in [0.25, 0.3) is 5.65 Å². The van der Waals surface area contributed by atoms with Crippen molar-refractivity contribution in [2.75, 3.05) is 24.5 Å². The van der Waals surface area contributed by atoms with Crippen LogP contribution in [-0.2, 0) is 11.0 Å². The summed E-state index contributed by atoms with van der Waals surface area (Å²) in [5.41, 5.74) is -0.472. The first-order chi connectivity index (χ1) is 16.5. The maximum Gasteiger partial charge on any atom is 0.419 e. The highest BCUT2D eigenvalue weighted by atomic mass is 19.4. The molecule has 2 N–H and O–H groups in total. The van der Waals surface area contributed by atoms with Crippen molar-refractivity contribution in [3.8, 4) is 6.01 Å². The van der Waals surface area contributed by atoms with E-state index in [0.717, 1.165) is 0 Å². The maximum atomic E-state index is 14.8. The number of alkyl halides is 5. The molecule has 0 bridgehead atoms. The largest absolute Gasteiger partial charge is 0.452 e. The molecule has 11 nitrogen and oxygen atoms in total. The van der Waals surface area contributed by atoms with Crippen LogP contribution in [0.4, 0.5) is 32.4 Å². The summed E-state index contributed by atoms with van der Waals surface area (Å²) in [6, 6.07) is 0.150. The molecule has 1 unspecified atom stereocenters. The number of imide groups is 1. The number of urea groups is 1. The minimum absolute atomic E-state index is 0.0372. The Hall–Kier alpha value is -4.11. The van der Waals surface area contributed by atoms with Gasteiger partial charge in [0.15, 0.2) is 11.8 Å². The Balaban J connectivity index is 1.42. The molecule has 2 aliphatic rings. The van der Waals surface area contributed by atoms with Gasteiger partial charge in [0, 0.05) is 31.3 Å². The predicted molar refractivity (Wildman–Crippen MR) is 106 cm³/mol. The van der Waals surface area contributed by atoms with E-state index in [1.165, 1.54) is 27.9 Å². The molecule has 5 rings (SSSR count). The lowest BCUT2D eigenvalue weighted by Crippen LogP contribution is -2.51. The summed E-state index contributed by atoms with van der Waals surface area (Å²) in [5, 5.41) is 8.91. The van der Waals surface area contributed by atoms with E-state index in [1.54, 1.807) is 0 Å². The Morgan fingerprint density at radius 3 is 2.57 bits per heavy atom. The van der Waals surface area contributed by atoms with E-state index in [2.05, 4.69) is 30.7 Å². The molecule has 2 saturated heterocycles. The van der Waals surface area contributed by atoms with Gasteiger partial charge in [0.2, 0.25) is 5.91 Å². The third-order valence-corrected chi connectivity index (χ3v) is 5.54. The first kappa shape index (κ1) is 22.7. The summed E-state index contributed by atoms with van der Waals surface area (Å²) in [6.45, 7) is -1.22. The predicted octanol–water partition coefficient (Wildman–Crippen LogP) is 1.36. The fraction of sp³-hybridized carbons (Fsp3) is 0.368. The molecular weight excluding hydrogens is 483 g/mol. The Bertz CT molecular complexity index is 1300. The van der Waals surface area contributed by atoms with Crippen LogP contribution in [0.1, 0.15) is 17.2 Å². The smallest absolute Gasteiger partial charge is 0.419 e. The topological polar surface area (TPSA) is 127 Å².